The minimum absolute atomic E-state index is 0.0365. The second kappa shape index (κ2) is 10.9. The molecule has 1 aliphatic rings. The number of nitrogens with one attached hydrogen (secondary N) is 2. The molecule has 35 heavy (non-hydrogen) atoms. The molecule has 4 rings (SSSR count). The highest BCUT2D eigenvalue weighted by Crippen LogP contribution is 2.36. The molecule has 0 saturated carbocycles. The lowest BCUT2D eigenvalue weighted by Gasteiger charge is -2.24. The molecule has 2 N–H and O–H groups in total. The smallest absolute Gasteiger partial charge is 0.263 e. The Bertz CT molecular complexity index is 1250. The zero-order valence-corrected chi connectivity index (χ0v) is 21.0. The average molecular weight is 493 g/mol. The molecule has 1 amide bonds. The summed E-state index contributed by atoms with van der Waals surface area (Å²) in [6.45, 7) is 5.70. The summed E-state index contributed by atoms with van der Waals surface area (Å²) in [4.78, 5) is 16.8. The largest absolute Gasteiger partial charge is 0.373 e. The van der Waals surface area contributed by atoms with Crippen molar-refractivity contribution in [1.82, 2.24) is 10.2 Å². The minimum atomic E-state index is -3.88. The molecule has 0 spiro atoms. The lowest BCUT2D eigenvalue weighted by Crippen LogP contribution is -2.34. The van der Waals surface area contributed by atoms with E-state index in [0.29, 0.717) is 36.6 Å². The van der Waals surface area contributed by atoms with Crippen LogP contribution in [0.2, 0.25) is 0 Å². The van der Waals surface area contributed by atoms with Crippen LogP contribution in [0, 0.1) is 0 Å². The number of anilines is 2. The first-order chi connectivity index (χ1) is 16.9. The number of nitrogens with zero attached hydrogens (tertiary/aromatic N) is 2. The summed E-state index contributed by atoms with van der Waals surface area (Å²) in [5.74, 6) is -0.0365. The third-order valence-corrected chi connectivity index (χ3v) is 7.65. The molecule has 3 aromatic rings. The van der Waals surface area contributed by atoms with Crippen molar-refractivity contribution >= 4 is 27.3 Å². The van der Waals surface area contributed by atoms with Gasteiger partial charge in [-0.2, -0.15) is 0 Å². The van der Waals surface area contributed by atoms with Gasteiger partial charge in [-0.3, -0.25) is 9.52 Å². The van der Waals surface area contributed by atoms with Gasteiger partial charge in [0.25, 0.3) is 15.9 Å². The van der Waals surface area contributed by atoms with Gasteiger partial charge in [0, 0.05) is 50.0 Å². The monoisotopic (exact) mass is 492 g/mol. The molecule has 7 nitrogen and oxygen atoms in total. The second-order valence-corrected chi connectivity index (χ2v) is 10.3. The molecule has 1 heterocycles. The Kier molecular flexibility index (Phi) is 7.73. The number of carbonyl (C=O) groups is 1. The Morgan fingerprint density at radius 3 is 2.43 bits per heavy atom. The molecular formula is C27H32N4O3S. The van der Waals surface area contributed by atoms with Crippen LogP contribution >= 0.6 is 0 Å². The Hall–Kier alpha value is -3.36. The zero-order chi connectivity index (χ0) is 24.8. The molecule has 1 fully saturated rings. The van der Waals surface area contributed by atoms with Crippen molar-refractivity contribution in [3.63, 3.8) is 0 Å². The number of amides is 1. The number of rotatable bonds is 7. The molecule has 0 atom stereocenters. The number of para-hydroxylation sites is 1. The summed E-state index contributed by atoms with van der Waals surface area (Å²) in [5.41, 5.74) is 3.41. The summed E-state index contributed by atoms with van der Waals surface area (Å²) >= 11 is 0. The maximum atomic E-state index is 13.5. The van der Waals surface area contributed by atoms with Crippen LogP contribution in [0.1, 0.15) is 23.7 Å². The highest BCUT2D eigenvalue weighted by molar-refractivity contribution is 7.92. The van der Waals surface area contributed by atoms with Crippen molar-refractivity contribution < 1.29 is 13.2 Å². The summed E-state index contributed by atoms with van der Waals surface area (Å²) in [6, 6.07) is 21.7. The molecule has 0 aliphatic carbocycles. The van der Waals surface area contributed by atoms with Crippen LogP contribution in [-0.4, -0.2) is 59.0 Å². The molecule has 0 radical (unpaired) electrons. The number of hydrogen-bond acceptors (Lipinski definition) is 5. The predicted molar refractivity (Wildman–Crippen MR) is 141 cm³/mol. The van der Waals surface area contributed by atoms with E-state index < -0.39 is 10.0 Å². The van der Waals surface area contributed by atoms with Gasteiger partial charge in [0.15, 0.2) is 0 Å². The third-order valence-electron chi connectivity index (χ3n) is 6.24. The molecule has 0 unspecified atom stereocenters. The Morgan fingerprint density at radius 1 is 0.971 bits per heavy atom. The molecule has 184 valence electrons. The lowest BCUT2D eigenvalue weighted by atomic mass is 10.0. The molecule has 3 aromatic carbocycles. The zero-order valence-electron chi connectivity index (χ0n) is 20.2. The van der Waals surface area contributed by atoms with Crippen LogP contribution in [0.3, 0.4) is 0 Å². The highest BCUT2D eigenvalue weighted by Gasteiger charge is 2.24. The van der Waals surface area contributed by atoms with Gasteiger partial charge in [0.1, 0.15) is 4.90 Å². The van der Waals surface area contributed by atoms with Crippen LogP contribution in [0.4, 0.5) is 11.4 Å². The lowest BCUT2D eigenvalue weighted by molar-refractivity contribution is 0.0766. The van der Waals surface area contributed by atoms with E-state index in [0.717, 1.165) is 30.6 Å². The van der Waals surface area contributed by atoms with Crippen molar-refractivity contribution in [3.8, 4) is 11.1 Å². The van der Waals surface area contributed by atoms with Crippen LogP contribution in [0.5, 0.6) is 0 Å². The standard InChI is InChI=1S/C27H32N4O3S/c1-3-30(2)26-24(21-9-5-4-6-10-21)11-7-12-25(26)35(33,34)29-23-15-13-22(14-16-23)27(32)31-19-8-17-28-18-20-31/h4-7,9-16,28-29H,3,8,17-20H2,1-2H3. The fourth-order valence-electron chi connectivity index (χ4n) is 4.26. The van der Waals surface area contributed by atoms with E-state index in [2.05, 4.69) is 10.0 Å². The Labute approximate surface area is 207 Å². The van der Waals surface area contributed by atoms with Crippen LogP contribution < -0.4 is 14.9 Å². The highest BCUT2D eigenvalue weighted by atomic mass is 32.2. The number of sulfonamides is 1. The van der Waals surface area contributed by atoms with Crippen molar-refractivity contribution in [2.24, 2.45) is 0 Å². The predicted octanol–water partition coefficient (Wildman–Crippen LogP) is 4.05. The molecule has 0 aromatic heterocycles. The van der Waals surface area contributed by atoms with Crippen molar-refractivity contribution in [1.29, 1.82) is 0 Å². The quantitative estimate of drug-likeness (QED) is 0.520. The first-order valence-corrected chi connectivity index (χ1v) is 13.4. The van der Waals surface area contributed by atoms with Gasteiger partial charge in [0.05, 0.1) is 5.69 Å². The van der Waals surface area contributed by atoms with E-state index in [1.54, 1.807) is 36.4 Å². The second-order valence-electron chi connectivity index (χ2n) is 8.61. The fraction of sp³-hybridized carbons (Fsp3) is 0.296. The Balaban J connectivity index is 1.61. The number of hydrogen-bond donors (Lipinski definition) is 2. The van der Waals surface area contributed by atoms with E-state index in [1.807, 2.05) is 60.2 Å². The van der Waals surface area contributed by atoms with Gasteiger partial charge >= 0.3 is 0 Å². The minimum Gasteiger partial charge on any atom is -0.373 e. The summed E-state index contributed by atoms with van der Waals surface area (Å²) in [6.07, 6.45) is 0.917. The number of carbonyl (C=O) groups excluding carboxylic acids is 1. The van der Waals surface area contributed by atoms with Crippen molar-refractivity contribution in [2.45, 2.75) is 18.2 Å². The maximum absolute atomic E-state index is 13.5. The average Bonchev–Trinajstić information content (AvgIpc) is 3.18. The normalized spacial score (nSPS) is 14.3. The molecule has 8 heteroatoms. The van der Waals surface area contributed by atoms with Crippen LogP contribution in [0.25, 0.3) is 11.1 Å². The van der Waals surface area contributed by atoms with Gasteiger partial charge in [-0.1, -0.05) is 42.5 Å². The van der Waals surface area contributed by atoms with Gasteiger partial charge in [0.2, 0.25) is 0 Å². The van der Waals surface area contributed by atoms with Crippen molar-refractivity contribution in [2.75, 3.05) is 49.4 Å². The van der Waals surface area contributed by atoms with Gasteiger partial charge in [-0.15, -0.1) is 0 Å². The van der Waals surface area contributed by atoms with Crippen LogP contribution in [-0.2, 0) is 10.0 Å². The van der Waals surface area contributed by atoms with E-state index in [9.17, 15) is 13.2 Å². The first kappa shape index (κ1) is 24.8. The van der Waals surface area contributed by atoms with Gasteiger partial charge in [-0.05, 0) is 55.8 Å². The van der Waals surface area contributed by atoms with Gasteiger partial charge in [-0.25, -0.2) is 8.42 Å². The summed E-state index contributed by atoms with van der Waals surface area (Å²) in [5, 5.41) is 3.29. The fourth-order valence-corrected chi connectivity index (χ4v) is 5.60. The first-order valence-electron chi connectivity index (χ1n) is 11.9. The van der Waals surface area contributed by atoms with E-state index in [1.165, 1.54) is 0 Å². The van der Waals surface area contributed by atoms with Crippen LogP contribution in [0.15, 0.2) is 77.7 Å². The molecule has 1 aliphatic heterocycles. The maximum Gasteiger partial charge on any atom is 0.263 e. The van der Waals surface area contributed by atoms with Gasteiger partial charge < -0.3 is 15.1 Å². The molecule has 1 saturated heterocycles. The third kappa shape index (κ3) is 5.66. The summed E-state index contributed by atoms with van der Waals surface area (Å²) < 4.78 is 29.7. The topological polar surface area (TPSA) is 81.8 Å². The van der Waals surface area contributed by atoms with E-state index >= 15 is 0 Å². The summed E-state index contributed by atoms with van der Waals surface area (Å²) in [7, 11) is -1.99. The molecule has 0 bridgehead atoms. The Morgan fingerprint density at radius 2 is 1.71 bits per heavy atom. The van der Waals surface area contributed by atoms with Crippen molar-refractivity contribution in [3.05, 3.63) is 78.4 Å². The van der Waals surface area contributed by atoms with E-state index in [4.69, 9.17) is 0 Å². The SMILES string of the molecule is CCN(C)c1c(-c2ccccc2)cccc1S(=O)(=O)Nc1ccc(C(=O)N2CCCNCC2)cc1. The molecular weight excluding hydrogens is 460 g/mol. The number of benzene rings is 3. The van der Waals surface area contributed by atoms with E-state index in [-0.39, 0.29) is 10.8 Å².